The predicted molar refractivity (Wildman–Crippen MR) is 142 cm³/mol. The first kappa shape index (κ1) is 26.4. The van der Waals surface area contributed by atoms with Crippen molar-refractivity contribution in [1.82, 2.24) is 4.57 Å². The molecule has 0 aliphatic rings. The van der Waals surface area contributed by atoms with Gasteiger partial charge < -0.3 is 23.9 Å². The summed E-state index contributed by atoms with van der Waals surface area (Å²) in [5.74, 6) is -3.21. The van der Waals surface area contributed by atoms with Gasteiger partial charge in [0.25, 0.3) is 0 Å². The molecule has 0 fully saturated rings. The van der Waals surface area contributed by atoms with Gasteiger partial charge in [-0.15, -0.1) is 0 Å². The van der Waals surface area contributed by atoms with E-state index in [2.05, 4.69) is 0 Å². The molecule has 1 N–H and O–H groups in total. The highest BCUT2D eigenvalue weighted by Gasteiger charge is 2.25. The standard InChI is InChI=1S/C28H28F2NO5P/c1-4-25(27(32)33)35-21-7-5-6-18(14-21)16-31-17(2)26(19-8-10-20(34-3)11-9-19)23-13-12-22(15-24(23)31)36-28(29,30)37/h5-15,25H,4,16,37H2,1-3H3,(H,32,33). The van der Waals surface area contributed by atoms with E-state index in [9.17, 15) is 18.7 Å². The molecule has 2 unspecified atom stereocenters. The van der Waals surface area contributed by atoms with E-state index < -0.39 is 17.9 Å². The van der Waals surface area contributed by atoms with Crippen LogP contribution >= 0.6 is 9.24 Å². The van der Waals surface area contributed by atoms with Crippen LogP contribution in [0, 0.1) is 6.92 Å². The van der Waals surface area contributed by atoms with Gasteiger partial charge in [0.2, 0.25) is 0 Å². The summed E-state index contributed by atoms with van der Waals surface area (Å²) in [5, 5.41) is 10.2. The Bertz CT molecular complexity index is 1410. The largest absolute Gasteiger partial charge is 0.497 e. The number of benzene rings is 3. The van der Waals surface area contributed by atoms with E-state index in [0.29, 0.717) is 18.7 Å². The molecule has 0 saturated heterocycles. The predicted octanol–water partition coefficient (Wildman–Crippen LogP) is 6.72. The molecular formula is C28H28F2NO5P. The van der Waals surface area contributed by atoms with Gasteiger partial charge in [0.1, 0.15) is 17.2 Å². The van der Waals surface area contributed by atoms with E-state index in [-0.39, 0.29) is 5.75 Å². The monoisotopic (exact) mass is 527 g/mol. The molecule has 4 rings (SSSR count). The fourth-order valence-corrected chi connectivity index (χ4v) is 4.51. The number of carboxylic acid groups (broad SMARTS) is 1. The lowest BCUT2D eigenvalue weighted by atomic mass is 10.0. The van der Waals surface area contributed by atoms with Gasteiger partial charge in [-0.2, -0.15) is 8.78 Å². The third-order valence-electron chi connectivity index (χ3n) is 6.09. The molecule has 3 aromatic carbocycles. The lowest BCUT2D eigenvalue weighted by Gasteiger charge is -2.15. The van der Waals surface area contributed by atoms with Crippen molar-refractivity contribution >= 4 is 26.1 Å². The van der Waals surface area contributed by atoms with Crippen LogP contribution in [0.25, 0.3) is 22.0 Å². The smallest absolute Gasteiger partial charge is 0.408 e. The Hall–Kier alpha value is -3.64. The Labute approximate surface area is 216 Å². The summed E-state index contributed by atoms with van der Waals surface area (Å²) in [6.07, 6.45) is -0.616. The lowest BCUT2D eigenvalue weighted by Crippen LogP contribution is -2.25. The highest BCUT2D eigenvalue weighted by molar-refractivity contribution is 7.17. The van der Waals surface area contributed by atoms with E-state index in [4.69, 9.17) is 14.2 Å². The quantitative estimate of drug-likeness (QED) is 0.232. The summed E-state index contributed by atoms with van der Waals surface area (Å²) in [7, 11) is 2.99. The second kappa shape index (κ2) is 10.8. The number of carboxylic acids is 1. The van der Waals surface area contributed by atoms with Crippen LogP contribution in [-0.2, 0) is 11.3 Å². The van der Waals surface area contributed by atoms with Crippen LogP contribution in [0.4, 0.5) is 8.78 Å². The molecule has 4 aromatic rings. The SMILES string of the molecule is CCC(Oc1cccc(Cn2c(C)c(-c3ccc(OC)cc3)c3ccc(OC(F)(F)P)cc32)c1)C(=O)O. The fourth-order valence-electron chi connectivity index (χ4n) is 4.38. The number of aromatic nitrogens is 1. The van der Waals surface area contributed by atoms with Crippen molar-refractivity contribution in [3.63, 3.8) is 0 Å². The number of aliphatic carboxylic acids is 1. The molecular weight excluding hydrogens is 499 g/mol. The number of ether oxygens (including phenoxy) is 3. The number of carbonyl (C=O) groups is 1. The van der Waals surface area contributed by atoms with Gasteiger partial charge in [0.05, 0.1) is 12.6 Å². The first-order valence-electron chi connectivity index (χ1n) is 11.7. The van der Waals surface area contributed by atoms with E-state index in [1.54, 1.807) is 44.4 Å². The second-order valence-corrected chi connectivity index (χ2v) is 9.29. The molecule has 0 aliphatic heterocycles. The van der Waals surface area contributed by atoms with Crippen LogP contribution in [0.15, 0.2) is 66.7 Å². The summed E-state index contributed by atoms with van der Waals surface area (Å²) in [4.78, 5) is 11.4. The minimum atomic E-state index is -3.40. The summed E-state index contributed by atoms with van der Waals surface area (Å²) in [6.45, 7) is 4.12. The number of alkyl halides is 2. The number of hydrogen-bond acceptors (Lipinski definition) is 4. The molecule has 1 heterocycles. The van der Waals surface area contributed by atoms with E-state index in [0.717, 1.165) is 39.0 Å². The van der Waals surface area contributed by atoms with Crippen molar-refractivity contribution in [2.45, 2.75) is 38.8 Å². The maximum absolute atomic E-state index is 13.6. The average molecular weight is 528 g/mol. The van der Waals surface area contributed by atoms with E-state index >= 15 is 0 Å². The Morgan fingerprint density at radius 2 is 1.76 bits per heavy atom. The van der Waals surface area contributed by atoms with Gasteiger partial charge in [-0.05, 0) is 70.1 Å². The average Bonchev–Trinajstić information content (AvgIpc) is 3.12. The van der Waals surface area contributed by atoms with Crippen LogP contribution in [0.2, 0.25) is 0 Å². The van der Waals surface area contributed by atoms with E-state index in [1.165, 1.54) is 15.3 Å². The number of rotatable bonds is 10. The van der Waals surface area contributed by atoms with Crippen LogP contribution in [0.1, 0.15) is 24.6 Å². The zero-order chi connectivity index (χ0) is 26.7. The summed E-state index contributed by atoms with van der Waals surface area (Å²) in [6, 6.07) is 19.8. The Kier molecular flexibility index (Phi) is 7.69. The zero-order valence-corrected chi connectivity index (χ0v) is 21.9. The first-order chi connectivity index (χ1) is 17.6. The molecule has 0 spiro atoms. The number of methoxy groups -OCH3 is 1. The highest BCUT2D eigenvalue weighted by Crippen LogP contribution is 2.39. The van der Waals surface area contributed by atoms with Gasteiger partial charge in [0, 0.05) is 29.3 Å². The topological polar surface area (TPSA) is 69.9 Å². The summed E-state index contributed by atoms with van der Waals surface area (Å²) < 4.78 is 45.0. The van der Waals surface area contributed by atoms with Crippen molar-refractivity contribution in [3.05, 3.63) is 78.0 Å². The zero-order valence-electron chi connectivity index (χ0n) is 20.7. The van der Waals surface area contributed by atoms with Gasteiger partial charge >= 0.3 is 11.8 Å². The second-order valence-electron chi connectivity index (χ2n) is 8.62. The maximum Gasteiger partial charge on any atom is 0.408 e. The number of fused-ring (bicyclic) bond motifs is 1. The van der Waals surface area contributed by atoms with E-state index in [1.807, 2.05) is 41.8 Å². The molecule has 0 aliphatic carbocycles. The summed E-state index contributed by atoms with van der Waals surface area (Å²) in [5.41, 5.74) is 4.43. The molecule has 37 heavy (non-hydrogen) atoms. The third-order valence-corrected chi connectivity index (χ3v) is 6.21. The number of nitrogens with zero attached hydrogens (tertiary/aromatic N) is 1. The molecule has 0 amide bonds. The highest BCUT2D eigenvalue weighted by atomic mass is 31.0. The molecule has 0 radical (unpaired) electrons. The fraction of sp³-hybridized carbons (Fsp3) is 0.250. The molecule has 0 saturated carbocycles. The van der Waals surface area contributed by atoms with Crippen LogP contribution in [0.5, 0.6) is 17.2 Å². The first-order valence-corrected chi connectivity index (χ1v) is 12.3. The molecule has 1 aromatic heterocycles. The normalized spacial score (nSPS) is 12.4. The van der Waals surface area contributed by atoms with Crippen molar-refractivity contribution < 1.29 is 32.9 Å². The molecule has 9 heteroatoms. The lowest BCUT2D eigenvalue weighted by molar-refractivity contribution is -0.145. The van der Waals surface area contributed by atoms with Crippen LogP contribution in [-0.4, -0.2) is 34.7 Å². The van der Waals surface area contributed by atoms with Gasteiger partial charge in [-0.1, -0.05) is 31.2 Å². The molecule has 2 atom stereocenters. The molecule has 0 bridgehead atoms. The Morgan fingerprint density at radius 3 is 2.38 bits per heavy atom. The maximum atomic E-state index is 13.6. The summed E-state index contributed by atoms with van der Waals surface area (Å²) >= 11 is 0. The van der Waals surface area contributed by atoms with Crippen LogP contribution in [0.3, 0.4) is 0 Å². The van der Waals surface area contributed by atoms with Crippen molar-refractivity contribution in [1.29, 1.82) is 0 Å². The molecule has 194 valence electrons. The minimum absolute atomic E-state index is 0.0388. The van der Waals surface area contributed by atoms with Crippen molar-refractivity contribution in [2.75, 3.05) is 7.11 Å². The molecule has 6 nitrogen and oxygen atoms in total. The van der Waals surface area contributed by atoms with Crippen molar-refractivity contribution in [2.24, 2.45) is 0 Å². The number of halogens is 2. The van der Waals surface area contributed by atoms with Gasteiger partial charge in [0.15, 0.2) is 6.10 Å². The minimum Gasteiger partial charge on any atom is -0.497 e. The van der Waals surface area contributed by atoms with Gasteiger partial charge in [-0.25, -0.2) is 4.79 Å². The number of hydrogen-bond donors (Lipinski definition) is 1. The van der Waals surface area contributed by atoms with Crippen LogP contribution < -0.4 is 14.2 Å². The third kappa shape index (κ3) is 6.03. The van der Waals surface area contributed by atoms with Crippen molar-refractivity contribution in [3.8, 4) is 28.4 Å². The Morgan fingerprint density at radius 1 is 1.05 bits per heavy atom. The Balaban J connectivity index is 1.80. The van der Waals surface area contributed by atoms with Gasteiger partial charge in [-0.3, -0.25) is 0 Å².